The minimum atomic E-state index is -4.46. The van der Waals surface area contributed by atoms with Gasteiger partial charge in [-0.15, -0.1) is 0 Å². The molecule has 2 rings (SSSR count). The third-order valence-corrected chi connectivity index (χ3v) is 5.59. The van der Waals surface area contributed by atoms with E-state index in [1.54, 1.807) is 19.1 Å². The molecule has 5 nitrogen and oxygen atoms in total. The zero-order chi connectivity index (χ0) is 18.7. The molecule has 1 aliphatic rings. The maximum Gasteiger partial charge on any atom is 0.408 e. The van der Waals surface area contributed by atoms with Gasteiger partial charge in [0.05, 0.1) is 4.90 Å². The lowest BCUT2D eigenvalue weighted by Crippen LogP contribution is -2.51. The monoisotopic (exact) mass is 378 g/mol. The molecule has 1 aliphatic heterocycles. The van der Waals surface area contributed by atoms with Gasteiger partial charge in [-0.3, -0.25) is 4.79 Å². The molecule has 1 saturated heterocycles. The summed E-state index contributed by atoms with van der Waals surface area (Å²) in [4.78, 5) is 13.0. The number of benzene rings is 1. The molecule has 25 heavy (non-hydrogen) atoms. The number of halogens is 3. The number of hydrogen-bond acceptors (Lipinski definition) is 3. The van der Waals surface area contributed by atoms with E-state index in [-0.39, 0.29) is 30.8 Å². The van der Waals surface area contributed by atoms with E-state index in [2.05, 4.69) is 4.72 Å². The lowest BCUT2D eigenvalue weighted by molar-refractivity contribution is -0.195. The van der Waals surface area contributed by atoms with Crippen LogP contribution in [0, 0.1) is 6.92 Å². The number of aryl methyl sites for hydroxylation is 1. The van der Waals surface area contributed by atoms with E-state index < -0.39 is 28.1 Å². The van der Waals surface area contributed by atoms with E-state index >= 15 is 0 Å². The molecule has 1 aromatic rings. The smallest absolute Gasteiger partial charge is 0.331 e. The molecular weight excluding hydrogens is 357 g/mol. The summed E-state index contributed by atoms with van der Waals surface area (Å²) in [5, 5.41) is 0. The molecule has 9 heteroatoms. The molecule has 1 heterocycles. The van der Waals surface area contributed by atoms with Crippen LogP contribution in [0.3, 0.4) is 0 Å². The first-order valence-corrected chi connectivity index (χ1v) is 9.52. The molecule has 1 N–H and O–H groups in total. The number of nitrogens with zero attached hydrogens (tertiary/aromatic N) is 1. The van der Waals surface area contributed by atoms with E-state index in [9.17, 15) is 26.4 Å². The van der Waals surface area contributed by atoms with Gasteiger partial charge in [0.2, 0.25) is 15.9 Å². The second-order valence-corrected chi connectivity index (χ2v) is 7.87. The van der Waals surface area contributed by atoms with Crippen LogP contribution in [0.5, 0.6) is 0 Å². The first-order chi connectivity index (χ1) is 11.6. The second kappa shape index (κ2) is 7.74. The maximum absolute atomic E-state index is 13.0. The lowest BCUT2D eigenvalue weighted by atomic mass is 10.0. The van der Waals surface area contributed by atoms with Gasteiger partial charge in [-0.05, 0) is 43.9 Å². The van der Waals surface area contributed by atoms with Gasteiger partial charge in [0.25, 0.3) is 0 Å². The predicted molar refractivity (Wildman–Crippen MR) is 86.4 cm³/mol. The Kier molecular flexibility index (Phi) is 6.10. The summed E-state index contributed by atoms with van der Waals surface area (Å²) >= 11 is 0. The SMILES string of the molecule is Cc1cccc(S(=O)(=O)NCCC(=O)N2CCCCC2C(F)(F)F)c1. The van der Waals surface area contributed by atoms with Crippen LogP contribution in [0.1, 0.15) is 31.2 Å². The fourth-order valence-corrected chi connectivity index (χ4v) is 4.01. The highest BCUT2D eigenvalue weighted by Crippen LogP contribution is 2.32. The summed E-state index contributed by atoms with van der Waals surface area (Å²) in [5.74, 6) is -0.686. The van der Waals surface area contributed by atoms with Crippen LogP contribution < -0.4 is 4.72 Å². The molecule has 1 unspecified atom stereocenters. The first-order valence-electron chi connectivity index (χ1n) is 8.04. The van der Waals surface area contributed by atoms with Crippen LogP contribution in [-0.4, -0.2) is 44.5 Å². The highest BCUT2D eigenvalue weighted by atomic mass is 32.2. The second-order valence-electron chi connectivity index (χ2n) is 6.10. The van der Waals surface area contributed by atoms with Crippen molar-refractivity contribution in [3.63, 3.8) is 0 Å². The Morgan fingerprint density at radius 1 is 1.32 bits per heavy atom. The zero-order valence-electron chi connectivity index (χ0n) is 13.8. The summed E-state index contributed by atoms with van der Waals surface area (Å²) < 4.78 is 65.6. The fraction of sp³-hybridized carbons (Fsp3) is 0.562. The molecule has 1 fully saturated rings. The number of amides is 1. The van der Waals surface area contributed by atoms with E-state index in [0.717, 1.165) is 10.5 Å². The number of piperidine rings is 1. The van der Waals surface area contributed by atoms with Gasteiger partial charge in [-0.25, -0.2) is 13.1 Å². The number of carbonyl (C=O) groups excluding carboxylic acids is 1. The number of likely N-dealkylation sites (tertiary alicyclic amines) is 1. The number of carbonyl (C=O) groups is 1. The minimum Gasteiger partial charge on any atom is -0.331 e. The molecular formula is C16H21F3N2O3S. The van der Waals surface area contributed by atoms with Gasteiger partial charge in [-0.2, -0.15) is 13.2 Å². The summed E-state index contributed by atoms with van der Waals surface area (Å²) in [6, 6.07) is 4.46. The van der Waals surface area contributed by atoms with E-state index in [1.165, 1.54) is 12.1 Å². The summed E-state index contributed by atoms with van der Waals surface area (Å²) in [7, 11) is -3.79. The van der Waals surface area contributed by atoms with Crippen molar-refractivity contribution in [1.82, 2.24) is 9.62 Å². The number of rotatable bonds is 5. The normalized spacial score (nSPS) is 19.0. The minimum absolute atomic E-state index is 0.0492. The van der Waals surface area contributed by atoms with Gasteiger partial charge in [0, 0.05) is 19.5 Å². The van der Waals surface area contributed by atoms with E-state index in [1.807, 2.05) is 0 Å². The molecule has 0 bridgehead atoms. The van der Waals surface area contributed by atoms with Crippen molar-refractivity contribution in [2.24, 2.45) is 0 Å². The third kappa shape index (κ3) is 5.18. The molecule has 0 radical (unpaired) electrons. The number of alkyl halides is 3. The average molecular weight is 378 g/mol. The topological polar surface area (TPSA) is 66.5 Å². The maximum atomic E-state index is 13.0. The van der Waals surface area contributed by atoms with Gasteiger partial charge in [-0.1, -0.05) is 12.1 Å². The van der Waals surface area contributed by atoms with Gasteiger partial charge >= 0.3 is 6.18 Å². The summed E-state index contributed by atoms with van der Waals surface area (Å²) in [6.45, 7) is 1.56. The van der Waals surface area contributed by atoms with Crippen molar-refractivity contribution in [1.29, 1.82) is 0 Å². The molecule has 140 valence electrons. The van der Waals surface area contributed by atoms with Crippen LogP contribution in [-0.2, 0) is 14.8 Å². The molecule has 1 aromatic carbocycles. The Morgan fingerprint density at radius 3 is 2.68 bits per heavy atom. The van der Waals surface area contributed by atoms with Crippen molar-refractivity contribution in [3.05, 3.63) is 29.8 Å². The zero-order valence-corrected chi connectivity index (χ0v) is 14.7. The van der Waals surface area contributed by atoms with Crippen LogP contribution in [0.15, 0.2) is 29.2 Å². The Hall–Kier alpha value is -1.61. The van der Waals surface area contributed by atoms with Crippen molar-refractivity contribution in [3.8, 4) is 0 Å². The van der Waals surface area contributed by atoms with Gasteiger partial charge in [0.1, 0.15) is 6.04 Å². The Labute approximate surface area is 145 Å². The Bertz CT molecular complexity index is 720. The van der Waals surface area contributed by atoms with E-state index in [4.69, 9.17) is 0 Å². The van der Waals surface area contributed by atoms with Crippen LogP contribution in [0.2, 0.25) is 0 Å². The molecule has 1 amide bonds. The van der Waals surface area contributed by atoms with Crippen molar-refractivity contribution >= 4 is 15.9 Å². The summed E-state index contributed by atoms with van der Waals surface area (Å²) in [6.07, 6.45) is -3.93. The molecule has 0 aliphatic carbocycles. The Balaban J connectivity index is 1.95. The molecule has 1 atom stereocenters. The first kappa shape index (κ1) is 19.7. The lowest BCUT2D eigenvalue weighted by Gasteiger charge is -2.36. The van der Waals surface area contributed by atoms with Crippen LogP contribution in [0.4, 0.5) is 13.2 Å². The molecule has 0 aromatic heterocycles. The van der Waals surface area contributed by atoms with Crippen molar-refractivity contribution < 1.29 is 26.4 Å². The highest BCUT2D eigenvalue weighted by Gasteiger charge is 2.45. The summed E-state index contributed by atoms with van der Waals surface area (Å²) in [5.41, 5.74) is 0.764. The largest absolute Gasteiger partial charge is 0.408 e. The number of nitrogens with one attached hydrogen (secondary N) is 1. The molecule has 0 spiro atoms. The standard InChI is InChI=1S/C16H21F3N2O3S/c1-12-5-4-6-13(11-12)25(23,24)20-9-8-15(22)21-10-3-2-7-14(21)16(17,18)19/h4-6,11,14,20H,2-3,7-10H2,1H3. The fourth-order valence-electron chi connectivity index (χ4n) is 2.87. The quantitative estimate of drug-likeness (QED) is 0.857. The third-order valence-electron chi connectivity index (χ3n) is 4.13. The predicted octanol–water partition coefficient (Wildman–Crippen LogP) is 2.61. The van der Waals surface area contributed by atoms with Crippen LogP contribution in [0.25, 0.3) is 0 Å². The molecule has 0 saturated carbocycles. The number of sulfonamides is 1. The van der Waals surface area contributed by atoms with Crippen molar-refractivity contribution in [2.75, 3.05) is 13.1 Å². The average Bonchev–Trinajstić information content (AvgIpc) is 2.54. The highest BCUT2D eigenvalue weighted by molar-refractivity contribution is 7.89. The number of hydrogen-bond donors (Lipinski definition) is 1. The Morgan fingerprint density at radius 2 is 2.04 bits per heavy atom. The van der Waals surface area contributed by atoms with Gasteiger partial charge < -0.3 is 4.90 Å². The van der Waals surface area contributed by atoms with Crippen LogP contribution >= 0.6 is 0 Å². The van der Waals surface area contributed by atoms with Gasteiger partial charge in [0.15, 0.2) is 0 Å². The van der Waals surface area contributed by atoms with Crippen molar-refractivity contribution in [2.45, 2.75) is 49.7 Å². The van der Waals surface area contributed by atoms with E-state index in [0.29, 0.717) is 12.8 Å².